The number of carbonyl (C=O) groups excluding carboxylic acids is 2. The van der Waals surface area contributed by atoms with Crippen LogP contribution in [0.1, 0.15) is 38.2 Å². The van der Waals surface area contributed by atoms with Gasteiger partial charge in [0.15, 0.2) is 0 Å². The molecular formula is C20H19ClF2N2O2. The minimum Gasteiger partial charge on any atom is -0.325 e. The zero-order chi connectivity index (χ0) is 19.6. The van der Waals surface area contributed by atoms with Gasteiger partial charge in [0.1, 0.15) is 11.6 Å². The molecule has 2 amide bonds. The van der Waals surface area contributed by atoms with Crippen LogP contribution in [0.3, 0.4) is 0 Å². The molecule has 0 aliphatic heterocycles. The van der Waals surface area contributed by atoms with Gasteiger partial charge in [-0.1, -0.05) is 24.4 Å². The average Bonchev–Trinajstić information content (AvgIpc) is 3.07. The number of amides is 2. The first-order chi connectivity index (χ1) is 12.8. The number of anilines is 2. The van der Waals surface area contributed by atoms with Crippen molar-refractivity contribution in [3.63, 3.8) is 0 Å². The molecule has 0 spiro atoms. The number of benzene rings is 2. The molecule has 2 aromatic rings. The van der Waals surface area contributed by atoms with Crippen LogP contribution < -0.4 is 10.6 Å². The zero-order valence-corrected chi connectivity index (χ0v) is 15.5. The Labute approximate surface area is 160 Å². The van der Waals surface area contributed by atoms with Crippen molar-refractivity contribution in [2.75, 3.05) is 10.6 Å². The Hall–Kier alpha value is -2.47. The first-order valence-corrected chi connectivity index (χ1v) is 9.03. The highest BCUT2D eigenvalue weighted by molar-refractivity contribution is 6.33. The molecule has 2 aromatic carbocycles. The van der Waals surface area contributed by atoms with Crippen LogP contribution in [-0.2, 0) is 15.0 Å². The minimum absolute atomic E-state index is 0.289. The van der Waals surface area contributed by atoms with Crippen LogP contribution in [0.5, 0.6) is 0 Å². The highest BCUT2D eigenvalue weighted by Gasteiger charge is 2.43. The molecule has 0 unspecified atom stereocenters. The summed E-state index contributed by atoms with van der Waals surface area (Å²) < 4.78 is 27.5. The fourth-order valence-electron chi connectivity index (χ4n) is 3.59. The van der Waals surface area contributed by atoms with Crippen LogP contribution >= 0.6 is 11.6 Å². The maximum absolute atomic E-state index is 13.7. The van der Waals surface area contributed by atoms with Crippen molar-refractivity contribution in [1.82, 2.24) is 0 Å². The highest BCUT2D eigenvalue weighted by Crippen LogP contribution is 2.42. The van der Waals surface area contributed by atoms with E-state index in [9.17, 15) is 18.4 Å². The van der Waals surface area contributed by atoms with Gasteiger partial charge in [0, 0.05) is 18.7 Å². The molecule has 1 saturated carbocycles. The molecule has 4 nitrogen and oxygen atoms in total. The lowest BCUT2D eigenvalue weighted by molar-refractivity contribution is -0.121. The van der Waals surface area contributed by atoms with Gasteiger partial charge in [0.05, 0.1) is 16.1 Å². The smallest absolute Gasteiger partial charge is 0.235 e. The van der Waals surface area contributed by atoms with Crippen LogP contribution in [0.25, 0.3) is 0 Å². The van der Waals surface area contributed by atoms with E-state index in [4.69, 9.17) is 11.6 Å². The molecule has 142 valence electrons. The monoisotopic (exact) mass is 392 g/mol. The third-order valence-electron chi connectivity index (χ3n) is 4.84. The summed E-state index contributed by atoms with van der Waals surface area (Å²) in [6, 6.07) is 7.96. The summed E-state index contributed by atoms with van der Waals surface area (Å²) in [7, 11) is 0. The van der Waals surface area contributed by atoms with Crippen molar-refractivity contribution >= 4 is 34.8 Å². The van der Waals surface area contributed by atoms with Gasteiger partial charge < -0.3 is 10.6 Å². The van der Waals surface area contributed by atoms with Gasteiger partial charge in [-0.3, -0.25) is 9.59 Å². The first kappa shape index (κ1) is 19.3. The Morgan fingerprint density at radius 2 is 1.63 bits per heavy atom. The quantitative estimate of drug-likeness (QED) is 0.766. The topological polar surface area (TPSA) is 58.2 Å². The zero-order valence-electron chi connectivity index (χ0n) is 14.7. The summed E-state index contributed by atoms with van der Waals surface area (Å²) in [6.45, 7) is 1.35. The predicted molar refractivity (Wildman–Crippen MR) is 101 cm³/mol. The van der Waals surface area contributed by atoms with Crippen LogP contribution in [-0.4, -0.2) is 11.8 Å². The van der Waals surface area contributed by atoms with Crippen molar-refractivity contribution in [3.8, 4) is 0 Å². The van der Waals surface area contributed by atoms with Gasteiger partial charge in [-0.25, -0.2) is 8.78 Å². The third-order valence-corrected chi connectivity index (χ3v) is 5.17. The van der Waals surface area contributed by atoms with E-state index in [0.717, 1.165) is 18.9 Å². The number of hydrogen-bond acceptors (Lipinski definition) is 2. The molecule has 1 aliphatic rings. The van der Waals surface area contributed by atoms with Crippen molar-refractivity contribution in [3.05, 3.63) is 58.6 Å². The molecule has 7 heteroatoms. The van der Waals surface area contributed by atoms with E-state index in [0.29, 0.717) is 34.8 Å². The van der Waals surface area contributed by atoms with Crippen LogP contribution in [0.15, 0.2) is 36.4 Å². The van der Waals surface area contributed by atoms with E-state index in [-0.39, 0.29) is 11.8 Å². The van der Waals surface area contributed by atoms with E-state index < -0.39 is 17.0 Å². The SMILES string of the molecule is CC(=O)Nc1cc(NC(=O)C2(c3cc(F)cc(F)c3)CCCC2)ccc1Cl. The Balaban J connectivity index is 1.92. The van der Waals surface area contributed by atoms with Gasteiger partial charge in [0.2, 0.25) is 11.8 Å². The molecule has 0 heterocycles. The lowest BCUT2D eigenvalue weighted by Gasteiger charge is -2.28. The van der Waals surface area contributed by atoms with Crippen LogP contribution in [0, 0.1) is 11.6 Å². The molecule has 1 aliphatic carbocycles. The summed E-state index contributed by atoms with van der Waals surface area (Å²) in [6.07, 6.45) is 2.61. The lowest BCUT2D eigenvalue weighted by atomic mass is 9.77. The van der Waals surface area contributed by atoms with Gasteiger partial charge in [-0.15, -0.1) is 0 Å². The lowest BCUT2D eigenvalue weighted by Crippen LogP contribution is -2.38. The summed E-state index contributed by atoms with van der Waals surface area (Å²) in [5.74, 6) is -2.03. The van der Waals surface area contributed by atoms with Gasteiger partial charge >= 0.3 is 0 Å². The molecule has 0 bridgehead atoms. The number of halogens is 3. The normalized spacial score (nSPS) is 15.4. The maximum Gasteiger partial charge on any atom is 0.235 e. The fraction of sp³-hybridized carbons (Fsp3) is 0.300. The second-order valence-electron chi connectivity index (χ2n) is 6.78. The average molecular weight is 393 g/mol. The second-order valence-corrected chi connectivity index (χ2v) is 7.18. The van der Waals surface area contributed by atoms with Crippen molar-refractivity contribution < 1.29 is 18.4 Å². The molecule has 1 fully saturated rings. The molecule has 2 N–H and O–H groups in total. The fourth-order valence-corrected chi connectivity index (χ4v) is 3.76. The minimum atomic E-state index is -0.989. The molecule has 0 atom stereocenters. The van der Waals surface area contributed by atoms with E-state index in [1.165, 1.54) is 19.1 Å². The molecule has 0 aromatic heterocycles. The van der Waals surface area contributed by atoms with Crippen molar-refractivity contribution in [2.24, 2.45) is 0 Å². The van der Waals surface area contributed by atoms with E-state index in [1.54, 1.807) is 18.2 Å². The molecule has 0 radical (unpaired) electrons. The van der Waals surface area contributed by atoms with E-state index in [2.05, 4.69) is 10.6 Å². The largest absolute Gasteiger partial charge is 0.325 e. The van der Waals surface area contributed by atoms with E-state index in [1.807, 2.05) is 0 Å². The van der Waals surface area contributed by atoms with E-state index >= 15 is 0 Å². The Kier molecular flexibility index (Phi) is 5.46. The van der Waals surface area contributed by atoms with Crippen molar-refractivity contribution in [1.29, 1.82) is 0 Å². The molecular weight excluding hydrogens is 374 g/mol. The van der Waals surface area contributed by atoms with Gasteiger partial charge in [0.25, 0.3) is 0 Å². The Bertz CT molecular complexity index is 875. The number of carbonyl (C=O) groups is 2. The summed E-state index contributed by atoms with van der Waals surface area (Å²) in [5, 5.41) is 5.74. The van der Waals surface area contributed by atoms with Crippen LogP contribution in [0.4, 0.5) is 20.2 Å². The third kappa shape index (κ3) is 4.11. The standard InChI is InChI=1S/C20H19ClF2N2O2/c1-12(26)24-18-11-16(4-5-17(18)21)25-19(27)20(6-2-3-7-20)13-8-14(22)10-15(23)9-13/h4-5,8-11H,2-3,6-7H2,1H3,(H,24,26)(H,25,27). The summed E-state index contributed by atoms with van der Waals surface area (Å²) in [4.78, 5) is 24.4. The predicted octanol–water partition coefficient (Wildman–Crippen LogP) is 5.03. The highest BCUT2D eigenvalue weighted by atomic mass is 35.5. The van der Waals surface area contributed by atoms with Crippen molar-refractivity contribution in [2.45, 2.75) is 38.0 Å². The van der Waals surface area contributed by atoms with Crippen LogP contribution in [0.2, 0.25) is 5.02 Å². The van der Waals surface area contributed by atoms with Gasteiger partial charge in [-0.2, -0.15) is 0 Å². The molecule has 3 rings (SSSR count). The first-order valence-electron chi connectivity index (χ1n) is 8.65. The Morgan fingerprint density at radius 1 is 1.00 bits per heavy atom. The summed E-state index contributed by atoms with van der Waals surface area (Å²) in [5.41, 5.74) is 0.165. The summed E-state index contributed by atoms with van der Waals surface area (Å²) >= 11 is 6.05. The maximum atomic E-state index is 13.7. The Morgan fingerprint density at radius 3 is 2.22 bits per heavy atom. The number of hydrogen-bond donors (Lipinski definition) is 2. The molecule has 27 heavy (non-hydrogen) atoms. The second kappa shape index (κ2) is 7.64. The van der Waals surface area contributed by atoms with Gasteiger partial charge in [-0.05, 0) is 48.7 Å². The number of nitrogens with one attached hydrogen (secondary N) is 2. The molecule has 0 saturated heterocycles. The number of rotatable bonds is 4.